The van der Waals surface area contributed by atoms with Crippen LogP contribution in [0.15, 0.2) is 24.3 Å². The number of benzene rings is 1. The fraction of sp³-hybridized carbons (Fsp3) is 0.647. The summed E-state index contributed by atoms with van der Waals surface area (Å²) in [6.07, 6.45) is 1.92. The van der Waals surface area contributed by atoms with Crippen molar-refractivity contribution < 1.29 is 9.84 Å². The molecule has 1 heterocycles. The van der Waals surface area contributed by atoms with Gasteiger partial charge in [0.25, 0.3) is 0 Å². The molecule has 1 aliphatic heterocycles. The Bertz CT molecular complexity index is 400. The molecule has 1 aromatic rings. The van der Waals surface area contributed by atoms with E-state index in [9.17, 15) is 5.11 Å². The van der Waals surface area contributed by atoms with Gasteiger partial charge in [0.2, 0.25) is 0 Å². The number of piperidine rings is 1. The van der Waals surface area contributed by atoms with Crippen LogP contribution in [0.25, 0.3) is 0 Å². The van der Waals surface area contributed by atoms with Crippen LogP contribution in [0.3, 0.4) is 0 Å². The maximum atomic E-state index is 9.76. The third kappa shape index (κ3) is 5.75. The average Bonchev–Trinajstić information content (AvgIpc) is 2.48. The highest BCUT2D eigenvalue weighted by Gasteiger charge is 2.20. The molecule has 1 aromatic carbocycles. The number of likely N-dealkylation sites (tertiary alicyclic amines) is 1. The molecule has 0 radical (unpaired) electrons. The number of β-amino-alcohol motifs (C(OH)–C–C–N with tert-alkyl or cyclic N) is 1. The maximum absolute atomic E-state index is 9.76. The third-order valence-electron chi connectivity index (χ3n) is 4.13. The van der Waals surface area contributed by atoms with E-state index in [0.717, 1.165) is 39.0 Å². The molecule has 0 aliphatic carbocycles. The van der Waals surface area contributed by atoms with E-state index in [2.05, 4.69) is 41.4 Å². The molecule has 0 spiro atoms. The maximum Gasteiger partial charge on any atom is 0.0900 e. The van der Waals surface area contributed by atoms with Gasteiger partial charge < -0.3 is 20.1 Å². The molecule has 2 rings (SSSR count). The van der Waals surface area contributed by atoms with E-state index >= 15 is 0 Å². The second kappa shape index (κ2) is 8.49. The summed E-state index contributed by atoms with van der Waals surface area (Å²) >= 11 is 0. The van der Waals surface area contributed by atoms with Crippen LogP contribution in [0.1, 0.15) is 24.0 Å². The molecule has 1 fully saturated rings. The normalized spacial score (nSPS) is 18.8. The van der Waals surface area contributed by atoms with Crippen molar-refractivity contribution in [1.82, 2.24) is 10.2 Å². The largest absolute Gasteiger partial charge is 0.389 e. The van der Waals surface area contributed by atoms with Crippen molar-refractivity contribution in [2.75, 3.05) is 33.4 Å². The number of ether oxygens (including phenoxy) is 1. The second-order valence-electron chi connectivity index (χ2n) is 6.05. The predicted octanol–water partition coefficient (Wildman–Crippen LogP) is 1.56. The van der Waals surface area contributed by atoms with E-state index in [1.807, 2.05) is 0 Å². The zero-order valence-corrected chi connectivity index (χ0v) is 13.2. The zero-order valence-electron chi connectivity index (χ0n) is 13.2. The molecule has 1 aliphatic rings. The molecule has 2 N–H and O–H groups in total. The highest BCUT2D eigenvalue weighted by Crippen LogP contribution is 2.12. The van der Waals surface area contributed by atoms with Crippen molar-refractivity contribution in [2.45, 2.75) is 38.5 Å². The zero-order chi connectivity index (χ0) is 15.1. The number of hydrogen-bond donors (Lipinski definition) is 2. The lowest BCUT2D eigenvalue weighted by Crippen LogP contribution is -2.45. The van der Waals surface area contributed by atoms with Gasteiger partial charge in [-0.15, -0.1) is 0 Å². The molecule has 0 bridgehead atoms. The first-order chi connectivity index (χ1) is 10.2. The van der Waals surface area contributed by atoms with Gasteiger partial charge in [0, 0.05) is 26.2 Å². The van der Waals surface area contributed by atoms with Gasteiger partial charge in [0.1, 0.15) is 0 Å². The Morgan fingerprint density at radius 2 is 1.95 bits per heavy atom. The lowest BCUT2D eigenvalue weighted by Gasteiger charge is -2.33. The van der Waals surface area contributed by atoms with Gasteiger partial charge in [-0.2, -0.15) is 0 Å². The fourth-order valence-corrected chi connectivity index (χ4v) is 2.83. The van der Waals surface area contributed by atoms with E-state index < -0.39 is 0 Å². The Balaban J connectivity index is 1.66. The Kier molecular flexibility index (Phi) is 6.64. The van der Waals surface area contributed by atoms with Crippen LogP contribution in [0.5, 0.6) is 0 Å². The fourth-order valence-electron chi connectivity index (χ4n) is 2.83. The smallest absolute Gasteiger partial charge is 0.0900 e. The SMILES string of the molecule is COCC(O)CN1CCC(NCc2ccc(C)cc2)CC1. The number of aryl methyl sites for hydroxylation is 1. The molecule has 1 saturated heterocycles. The van der Waals surface area contributed by atoms with Crippen LogP contribution >= 0.6 is 0 Å². The highest BCUT2D eigenvalue weighted by molar-refractivity contribution is 5.21. The molecule has 4 heteroatoms. The van der Waals surface area contributed by atoms with Gasteiger partial charge in [0.15, 0.2) is 0 Å². The first-order valence-electron chi connectivity index (χ1n) is 7.85. The Morgan fingerprint density at radius 1 is 1.29 bits per heavy atom. The van der Waals surface area contributed by atoms with E-state index in [-0.39, 0.29) is 6.10 Å². The summed E-state index contributed by atoms with van der Waals surface area (Å²) < 4.78 is 4.97. The van der Waals surface area contributed by atoms with Crippen LogP contribution < -0.4 is 5.32 Å². The van der Waals surface area contributed by atoms with Gasteiger partial charge in [0.05, 0.1) is 12.7 Å². The predicted molar refractivity (Wildman–Crippen MR) is 85.4 cm³/mol. The number of aliphatic hydroxyl groups is 1. The lowest BCUT2D eigenvalue weighted by molar-refractivity contribution is 0.0310. The van der Waals surface area contributed by atoms with Crippen LogP contribution in [-0.2, 0) is 11.3 Å². The third-order valence-corrected chi connectivity index (χ3v) is 4.13. The molecule has 0 aromatic heterocycles. The molecule has 118 valence electrons. The number of aliphatic hydroxyl groups excluding tert-OH is 1. The highest BCUT2D eigenvalue weighted by atomic mass is 16.5. The van der Waals surface area contributed by atoms with Crippen molar-refractivity contribution in [3.8, 4) is 0 Å². The minimum atomic E-state index is -0.368. The molecule has 0 saturated carbocycles. The van der Waals surface area contributed by atoms with Crippen molar-refractivity contribution in [2.24, 2.45) is 0 Å². The first-order valence-corrected chi connectivity index (χ1v) is 7.85. The van der Waals surface area contributed by atoms with E-state index in [0.29, 0.717) is 12.6 Å². The Hall–Kier alpha value is -0.940. The van der Waals surface area contributed by atoms with Crippen LogP contribution in [-0.4, -0.2) is 55.5 Å². The minimum absolute atomic E-state index is 0.368. The van der Waals surface area contributed by atoms with Crippen LogP contribution in [0.4, 0.5) is 0 Å². The topological polar surface area (TPSA) is 44.7 Å². The molecular weight excluding hydrogens is 264 g/mol. The number of methoxy groups -OCH3 is 1. The molecule has 0 amide bonds. The number of hydrogen-bond acceptors (Lipinski definition) is 4. The van der Waals surface area contributed by atoms with Crippen LogP contribution in [0, 0.1) is 6.92 Å². The van der Waals surface area contributed by atoms with Crippen LogP contribution in [0.2, 0.25) is 0 Å². The molecular formula is C17H28N2O2. The van der Waals surface area contributed by atoms with E-state index in [1.54, 1.807) is 7.11 Å². The van der Waals surface area contributed by atoms with E-state index in [1.165, 1.54) is 11.1 Å². The van der Waals surface area contributed by atoms with Gasteiger partial charge in [-0.25, -0.2) is 0 Å². The summed E-state index contributed by atoms with van der Waals surface area (Å²) in [6, 6.07) is 9.30. The monoisotopic (exact) mass is 292 g/mol. The summed E-state index contributed by atoms with van der Waals surface area (Å²) in [7, 11) is 1.63. The molecule has 1 unspecified atom stereocenters. The minimum Gasteiger partial charge on any atom is -0.389 e. The second-order valence-corrected chi connectivity index (χ2v) is 6.05. The van der Waals surface area contributed by atoms with Gasteiger partial charge in [-0.1, -0.05) is 29.8 Å². The summed E-state index contributed by atoms with van der Waals surface area (Å²) in [6.45, 7) is 6.30. The average molecular weight is 292 g/mol. The van der Waals surface area contributed by atoms with Crippen molar-refractivity contribution >= 4 is 0 Å². The molecule has 1 atom stereocenters. The summed E-state index contributed by atoms with van der Waals surface area (Å²) in [5.41, 5.74) is 2.65. The number of rotatable bonds is 7. The Morgan fingerprint density at radius 3 is 2.57 bits per heavy atom. The van der Waals surface area contributed by atoms with Crippen molar-refractivity contribution in [3.63, 3.8) is 0 Å². The standard InChI is InChI=1S/C17H28N2O2/c1-14-3-5-15(6-4-14)11-18-16-7-9-19(10-8-16)12-17(20)13-21-2/h3-6,16-18,20H,7-13H2,1-2H3. The molecule has 21 heavy (non-hydrogen) atoms. The first kappa shape index (κ1) is 16.4. The van der Waals surface area contributed by atoms with Crippen molar-refractivity contribution in [1.29, 1.82) is 0 Å². The van der Waals surface area contributed by atoms with Crippen molar-refractivity contribution in [3.05, 3.63) is 35.4 Å². The van der Waals surface area contributed by atoms with Gasteiger partial charge in [-0.3, -0.25) is 0 Å². The number of nitrogens with zero attached hydrogens (tertiary/aromatic N) is 1. The molecule has 4 nitrogen and oxygen atoms in total. The summed E-state index contributed by atoms with van der Waals surface area (Å²) in [5.74, 6) is 0. The number of nitrogens with one attached hydrogen (secondary N) is 1. The summed E-state index contributed by atoms with van der Waals surface area (Å²) in [5, 5.41) is 13.4. The Labute approximate surface area is 128 Å². The van der Waals surface area contributed by atoms with E-state index in [4.69, 9.17) is 4.74 Å². The van der Waals surface area contributed by atoms with Gasteiger partial charge in [-0.05, 0) is 38.4 Å². The summed E-state index contributed by atoms with van der Waals surface area (Å²) in [4.78, 5) is 2.33. The van der Waals surface area contributed by atoms with Gasteiger partial charge >= 0.3 is 0 Å². The quantitative estimate of drug-likeness (QED) is 0.800. The lowest BCUT2D eigenvalue weighted by atomic mass is 10.0.